The summed E-state index contributed by atoms with van der Waals surface area (Å²) in [7, 11) is 6.12. The van der Waals surface area contributed by atoms with Crippen molar-refractivity contribution < 1.29 is 0 Å². The van der Waals surface area contributed by atoms with Gasteiger partial charge in [0.15, 0.2) is 0 Å². The number of hydrogen-bond acceptors (Lipinski definition) is 6. The maximum Gasteiger partial charge on any atom is 0.271 e. The Labute approximate surface area is 144 Å². The van der Waals surface area contributed by atoms with Gasteiger partial charge in [0.1, 0.15) is 9.53 Å². The molecule has 0 amide bonds. The summed E-state index contributed by atoms with van der Waals surface area (Å²) in [6, 6.07) is 2.22. The van der Waals surface area contributed by atoms with E-state index in [9.17, 15) is 4.79 Å². The Bertz CT molecular complexity index is 953. The molecule has 0 radical (unpaired) electrons. The van der Waals surface area contributed by atoms with Gasteiger partial charge in [-0.2, -0.15) is 0 Å². The Morgan fingerprint density at radius 2 is 2.00 bits per heavy atom. The van der Waals surface area contributed by atoms with E-state index >= 15 is 0 Å². The fourth-order valence-electron chi connectivity index (χ4n) is 3.46. The largest absolute Gasteiger partial charge is 0.377 e. The molecular weight excluding hydrogens is 322 g/mol. The first-order valence-electron chi connectivity index (χ1n) is 8.20. The van der Waals surface area contributed by atoms with Crippen molar-refractivity contribution in [1.82, 2.24) is 19.4 Å². The van der Waals surface area contributed by atoms with Crippen LogP contribution in [0.1, 0.15) is 18.9 Å². The molecule has 0 unspecified atom stereocenters. The van der Waals surface area contributed by atoms with Crippen LogP contribution < -0.4 is 10.5 Å². The molecule has 3 aromatic heterocycles. The third-order valence-corrected chi connectivity index (χ3v) is 5.92. The second kappa shape index (κ2) is 5.82. The van der Waals surface area contributed by atoms with Gasteiger partial charge < -0.3 is 9.80 Å². The molecule has 4 rings (SSSR count). The summed E-state index contributed by atoms with van der Waals surface area (Å²) < 4.78 is 2.55. The van der Waals surface area contributed by atoms with Gasteiger partial charge in [-0.05, 0) is 39.0 Å². The number of pyridine rings is 1. The molecule has 4 heterocycles. The van der Waals surface area contributed by atoms with Crippen LogP contribution in [0.4, 0.5) is 5.69 Å². The van der Waals surface area contributed by atoms with E-state index in [0.29, 0.717) is 4.70 Å². The highest BCUT2D eigenvalue weighted by molar-refractivity contribution is 7.25. The fraction of sp³-hybridized carbons (Fsp3) is 0.471. The highest BCUT2D eigenvalue weighted by Gasteiger charge is 2.22. The van der Waals surface area contributed by atoms with Gasteiger partial charge in [-0.25, -0.2) is 9.97 Å². The molecule has 1 saturated heterocycles. The number of aromatic nitrogens is 3. The van der Waals surface area contributed by atoms with Crippen LogP contribution in [-0.2, 0) is 0 Å². The Morgan fingerprint density at radius 3 is 2.71 bits per heavy atom. The van der Waals surface area contributed by atoms with E-state index in [4.69, 9.17) is 0 Å². The number of fused-ring (bicyclic) bond motifs is 3. The fourth-order valence-corrected chi connectivity index (χ4v) is 4.51. The van der Waals surface area contributed by atoms with Crippen LogP contribution in [0.3, 0.4) is 0 Å². The van der Waals surface area contributed by atoms with Crippen LogP contribution in [0.5, 0.6) is 0 Å². The van der Waals surface area contributed by atoms with Crippen molar-refractivity contribution in [2.75, 3.05) is 39.1 Å². The number of likely N-dealkylation sites (tertiary alicyclic amines) is 1. The summed E-state index contributed by atoms with van der Waals surface area (Å²) >= 11 is 1.45. The lowest BCUT2D eigenvalue weighted by atomic mass is 10.1. The van der Waals surface area contributed by atoms with E-state index in [2.05, 4.69) is 21.9 Å². The summed E-state index contributed by atoms with van der Waals surface area (Å²) in [4.78, 5) is 27.4. The van der Waals surface area contributed by atoms with Crippen molar-refractivity contribution in [3.05, 3.63) is 28.9 Å². The van der Waals surface area contributed by atoms with Gasteiger partial charge in [-0.1, -0.05) is 0 Å². The maximum atomic E-state index is 13.0. The van der Waals surface area contributed by atoms with Gasteiger partial charge in [0.05, 0.1) is 22.9 Å². The van der Waals surface area contributed by atoms with Gasteiger partial charge in [-0.15, -0.1) is 11.3 Å². The molecule has 0 aromatic carbocycles. The molecule has 24 heavy (non-hydrogen) atoms. The van der Waals surface area contributed by atoms with Crippen molar-refractivity contribution in [2.24, 2.45) is 0 Å². The van der Waals surface area contributed by atoms with Crippen LogP contribution >= 0.6 is 11.3 Å². The standard InChI is InChI=1S/C17H21N5OS/c1-20(2)12-4-7-18-16-13(12)14-15(24-16)17(23)22(10-19-14)11-5-8-21(3)9-6-11/h4,7,10-11H,5-6,8-9H2,1-3H3. The average Bonchev–Trinajstić information content (AvgIpc) is 2.96. The second-order valence-corrected chi connectivity index (χ2v) is 7.67. The Hall–Kier alpha value is -1.99. The SMILES string of the molecule is CN1CCC(n2cnc3c(sc4nccc(N(C)C)c43)c2=O)CC1. The summed E-state index contributed by atoms with van der Waals surface area (Å²) in [5.41, 5.74) is 1.90. The smallest absolute Gasteiger partial charge is 0.271 e. The van der Waals surface area contributed by atoms with Crippen LogP contribution in [0.2, 0.25) is 0 Å². The third kappa shape index (κ3) is 2.39. The zero-order chi connectivity index (χ0) is 16.8. The summed E-state index contributed by atoms with van der Waals surface area (Å²) in [5, 5.41) is 0.982. The van der Waals surface area contributed by atoms with Gasteiger partial charge in [0.2, 0.25) is 0 Å². The lowest BCUT2D eigenvalue weighted by molar-refractivity contribution is 0.218. The summed E-state index contributed by atoms with van der Waals surface area (Å²) in [6.45, 7) is 2.04. The molecule has 1 aliphatic heterocycles. The second-order valence-electron chi connectivity index (χ2n) is 6.68. The molecule has 0 bridgehead atoms. The number of rotatable bonds is 2. The van der Waals surface area contributed by atoms with Crippen molar-refractivity contribution >= 4 is 37.5 Å². The van der Waals surface area contributed by atoms with Crippen LogP contribution in [0.25, 0.3) is 20.4 Å². The first kappa shape index (κ1) is 15.5. The molecule has 0 atom stereocenters. The van der Waals surface area contributed by atoms with E-state index in [1.54, 1.807) is 12.5 Å². The Morgan fingerprint density at radius 1 is 1.25 bits per heavy atom. The van der Waals surface area contributed by atoms with E-state index in [-0.39, 0.29) is 11.6 Å². The first-order chi connectivity index (χ1) is 11.6. The normalized spacial score (nSPS) is 17.0. The number of thiophene rings is 1. The van der Waals surface area contributed by atoms with Gasteiger partial charge in [0.25, 0.3) is 5.56 Å². The van der Waals surface area contributed by atoms with Crippen molar-refractivity contribution in [1.29, 1.82) is 0 Å². The minimum atomic E-state index is 0.0715. The maximum absolute atomic E-state index is 13.0. The molecule has 0 spiro atoms. The van der Waals surface area contributed by atoms with Crippen molar-refractivity contribution in [3.8, 4) is 0 Å². The van der Waals surface area contributed by atoms with Crippen LogP contribution in [0, 0.1) is 0 Å². The van der Waals surface area contributed by atoms with Crippen molar-refractivity contribution in [3.63, 3.8) is 0 Å². The van der Waals surface area contributed by atoms with Crippen LogP contribution in [0.15, 0.2) is 23.4 Å². The molecule has 0 N–H and O–H groups in total. The molecular formula is C17H21N5OS. The molecule has 126 valence electrons. The highest BCUT2D eigenvalue weighted by atomic mass is 32.1. The highest BCUT2D eigenvalue weighted by Crippen LogP contribution is 2.35. The predicted octanol–water partition coefficient (Wildman–Crippen LogP) is 2.34. The topological polar surface area (TPSA) is 54.3 Å². The van der Waals surface area contributed by atoms with E-state index in [0.717, 1.165) is 47.4 Å². The van der Waals surface area contributed by atoms with Crippen molar-refractivity contribution in [2.45, 2.75) is 18.9 Å². The Kier molecular flexibility index (Phi) is 3.77. The molecule has 1 aliphatic rings. The number of hydrogen-bond donors (Lipinski definition) is 0. The van der Waals surface area contributed by atoms with Crippen LogP contribution in [-0.4, -0.2) is 53.7 Å². The van der Waals surface area contributed by atoms with E-state index in [1.165, 1.54) is 11.3 Å². The van der Waals surface area contributed by atoms with E-state index < -0.39 is 0 Å². The molecule has 7 heteroatoms. The molecule has 1 fully saturated rings. The monoisotopic (exact) mass is 343 g/mol. The van der Waals surface area contributed by atoms with E-state index in [1.807, 2.05) is 29.6 Å². The molecule has 3 aromatic rings. The number of piperidine rings is 1. The summed E-state index contributed by atoms with van der Waals surface area (Å²) in [5.74, 6) is 0. The van der Waals surface area contributed by atoms with Gasteiger partial charge in [0, 0.05) is 26.3 Å². The summed E-state index contributed by atoms with van der Waals surface area (Å²) in [6.07, 6.45) is 5.52. The lowest BCUT2D eigenvalue weighted by Gasteiger charge is -2.29. The van der Waals surface area contributed by atoms with Gasteiger partial charge in [-0.3, -0.25) is 9.36 Å². The zero-order valence-corrected chi connectivity index (χ0v) is 15.0. The number of anilines is 1. The Balaban J connectivity index is 1.90. The quantitative estimate of drug-likeness (QED) is 0.715. The lowest BCUT2D eigenvalue weighted by Crippen LogP contribution is -2.35. The minimum absolute atomic E-state index is 0.0715. The molecule has 6 nitrogen and oxygen atoms in total. The molecule has 0 aliphatic carbocycles. The zero-order valence-electron chi connectivity index (χ0n) is 14.2. The van der Waals surface area contributed by atoms with Gasteiger partial charge >= 0.3 is 0 Å². The molecule has 0 saturated carbocycles. The average molecular weight is 343 g/mol. The minimum Gasteiger partial charge on any atom is -0.377 e. The number of nitrogens with zero attached hydrogens (tertiary/aromatic N) is 5. The predicted molar refractivity (Wildman–Crippen MR) is 99.3 cm³/mol. The first-order valence-corrected chi connectivity index (χ1v) is 9.02. The third-order valence-electron chi connectivity index (χ3n) is 4.85.